The van der Waals surface area contributed by atoms with Crippen molar-refractivity contribution in [3.63, 3.8) is 0 Å². The lowest BCUT2D eigenvalue weighted by atomic mass is 10.1. The van der Waals surface area contributed by atoms with Crippen LogP contribution in [0.4, 0.5) is 8.78 Å². The summed E-state index contributed by atoms with van der Waals surface area (Å²) in [7, 11) is 0. The monoisotopic (exact) mass is 433 g/mol. The third kappa shape index (κ3) is 3.80. The van der Waals surface area contributed by atoms with Crippen molar-refractivity contribution in [3.05, 3.63) is 82.9 Å². The number of fused-ring (bicyclic) bond motifs is 1. The molecule has 0 amide bonds. The van der Waals surface area contributed by atoms with E-state index in [-0.39, 0.29) is 11.4 Å². The molecule has 0 spiro atoms. The zero-order valence-electron chi connectivity index (χ0n) is 16.8. The summed E-state index contributed by atoms with van der Waals surface area (Å²) in [5.74, 6) is -1.00. The fraction of sp³-hybridized carbons (Fsp3) is 0.130. The fourth-order valence-corrected chi connectivity index (χ4v) is 3.53. The van der Waals surface area contributed by atoms with Crippen LogP contribution in [0.1, 0.15) is 22.7 Å². The Hall–Kier alpha value is -4.14. The number of nitrogens with one attached hydrogen (secondary N) is 1. The Bertz CT molecular complexity index is 1310. The van der Waals surface area contributed by atoms with Crippen LogP contribution in [0.2, 0.25) is 0 Å². The summed E-state index contributed by atoms with van der Waals surface area (Å²) in [6, 6.07) is 13.3. The van der Waals surface area contributed by atoms with Crippen molar-refractivity contribution >= 4 is 12.5 Å². The highest BCUT2D eigenvalue weighted by Crippen LogP contribution is 2.26. The van der Waals surface area contributed by atoms with Gasteiger partial charge in [-0.25, -0.2) is 13.8 Å². The number of benzene rings is 2. The molecule has 0 radical (unpaired) electrons. The maximum atomic E-state index is 14.1. The third-order valence-corrected chi connectivity index (χ3v) is 5.17. The minimum atomic E-state index is -0.944. The van der Waals surface area contributed by atoms with Crippen molar-refractivity contribution in [1.29, 1.82) is 0 Å². The van der Waals surface area contributed by atoms with Gasteiger partial charge < -0.3 is 14.3 Å². The van der Waals surface area contributed by atoms with E-state index in [1.165, 1.54) is 12.1 Å². The number of hydrazone groups is 1. The van der Waals surface area contributed by atoms with Gasteiger partial charge in [-0.1, -0.05) is 35.5 Å². The number of carbonyl (C=O) groups is 1. The van der Waals surface area contributed by atoms with Gasteiger partial charge in [0.2, 0.25) is 0 Å². The molecule has 0 unspecified atom stereocenters. The molecule has 0 saturated heterocycles. The molecule has 9 heteroatoms. The van der Waals surface area contributed by atoms with E-state index >= 15 is 0 Å². The van der Waals surface area contributed by atoms with Gasteiger partial charge in [0.05, 0.1) is 36.3 Å². The maximum Gasteiger partial charge on any atom is 0.169 e. The first-order valence-corrected chi connectivity index (χ1v) is 9.91. The second-order valence-electron chi connectivity index (χ2n) is 7.36. The number of H-pyrrole nitrogens is 1. The predicted molar refractivity (Wildman–Crippen MR) is 112 cm³/mol. The normalized spacial score (nSPS) is 12.8. The number of aromatic nitrogens is 3. The summed E-state index contributed by atoms with van der Waals surface area (Å²) < 4.78 is 33.1. The van der Waals surface area contributed by atoms with Gasteiger partial charge in [-0.2, -0.15) is 5.10 Å². The summed E-state index contributed by atoms with van der Waals surface area (Å²) in [6.07, 6.45) is 2.83. The van der Waals surface area contributed by atoms with Crippen LogP contribution in [0, 0.1) is 11.6 Å². The summed E-state index contributed by atoms with van der Waals surface area (Å²) >= 11 is 0. The van der Waals surface area contributed by atoms with Gasteiger partial charge in [-0.05, 0) is 17.7 Å². The molecule has 0 atom stereocenters. The Labute approximate surface area is 181 Å². The largest absolute Gasteiger partial charge is 0.359 e. The number of imidazole rings is 1. The highest BCUT2D eigenvalue weighted by Gasteiger charge is 2.21. The minimum Gasteiger partial charge on any atom is -0.359 e. The lowest BCUT2D eigenvalue weighted by molar-refractivity contribution is -0.107. The number of carbonyl (C=O) groups excluding carboxylic acids is 1. The van der Waals surface area contributed by atoms with Crippen molar-refractivity contribution in [2.75, 3.05) is 0 Å². The second-order valence-corrected chi connectivity index (χ2v) is 7.36. The van der Waals surface area contributed by atoms with Crippen molar-refractivity contribution in [2.45, 2.75) is 19.5 Å². The van der Waals surface area contributed by atoms with Gasteiger partial charge in [0.25, 0.3) is 0 Å². The molecule has 7 nitrogen and oxygen atoms in total. The van der Waals surface area contributed by atoms with Crippen LogP contribution in [0.25, 0.3) is 22.6 Å². The number of aromatic amines is 1. The lowest BCUT2D eigenvalue weighted by Gasteiger charge is -2.19. The topological polar surface area (TPSA) is 87.4 Å². The van der Waals surface area contributed by atoms with Gasteiger partial charge >= 0.3 is 0 Å². The minimum absolute atomic E-state index is 0.0680. The van der Waals surface area contributed by atoms with E-state index in [0.29, 0.717) is 42.4 Å². The molecule has 1 N–H and O–H groups in total. The van der Waals surface area contributed by atoms with Crippen LogP contribution >= 0.6 is 0 Å². The quantitative estimate of drug-likeness (QED) is 0.463. The van der Waals surface area contributed by atoms with Crippen LogP contribution in [0.5, 0.6) is 0 Å². The van der Waals surface area contributed by atoms with Crippen molar-refractivity contribution in [1.82, 2.24) is 20.1 Å². The Balaban J connectivity index is 1.29. The standard InChI is InChI=1S/C23H17F2N5O2/c24-18-3-1-2-17(22(18)25)23-27-20-11-26-30(13-21(20)28-23)12-16-10-19(29-32-16)15-6-4-14(5-7-15)8-9-31/h1-7,9-11H,8,12-13H2,(H,27,28). The fourth-order valence-electron chi connectivity index (χ4n) is 3.53. The van der Waals surface area contributed by atoms with Gasteiger partial charge in [-0.3, -0.25) is 5.01 Å². The zero-order chi connectivity index (χ0) is 22.1. The van der Waals surface area contributed by atoms with E-state index < -0.39 is 11.6 Å². The van der Waals surface area contributed by atoms with Crippen molar-refractivity contribution < 1.29 is 18.1 Å². The van der Waals surface area contributed by atoms with Gasteiger partial charge in [0.1, 0.15) is 17.8 Å². The molecule has 160 valence electrons. The Kier molecular flexibility index (Phi) is 5.06. The molecule has 0 bridgehead atoms. The van der Waals surface area contributed by atoms with Crippen LogP contribution < -0.4 is 0 Å². The average Bonchev–Trinajstić information content (AvgIpc) is 3.43. The Morgan fingerprint density at radius 1 is 1.16 bits per heavy atom. The van der Waals surface area contributed by atoms with Crippen molar-refractivity contribution in [2.24, 2.45) is 5.10 Å². The van der Waals surface area contributed by atoms with E-state index in [0.717, 1.165) is 23.5 Å². The van der Waals surface area contributed by atoms with E-state index in [2.05, 4.69) is 20.2 Å². The van der Waals surface area contributed by atoms with E-state index in [1.807, 2.05) is 30.3 Å². The molecule has 0 saturated carbocycles. The molecule has 32 heavy (non-hydrogen) atoms. The zero-order valence-corrected chi connectivity index (χ0v) is 16.8. The highest BCUT2D eigenvalue weighted by atomic mass is 19.2. The summed E-state index contributed by atoms with van der Waals surface area (Å²) in [6.45, 7) is 0.735. The first-order chi connectivity index (χ1) is 15.6. The number of halogens is 2. The number of nitrogens with zero attached hydrogens (tertiary/aromatic N) is 4. The molecule has 0 fully saturated rings. The summed E-state index contributed by atoms with van der Waals surface area (Å²) in [4.78, 5) is 18.0. The molecule has 1 aliphatic rings. The smallest absolute Gasteiger partial charge is 0.169 e. The van der Waals surface area contributed by atoms with E-state index in [1.54, 1.807) is 11.2 Å². The highest BCUT2D eigenvalue weighted by molar-refractivity contribution is 5.80. The molecule has 2 aromatic heterocycles. The first kappa shape index (κ1) is 19.8. The number of hydrogen-bond acceptors (Lipinski definition) is 6. The molecule has 2 aromatic carbocycles. The summed E-state index contributed by atoms with van der Waals surface area (Å²) in [5, 5.41) is 10.2. The summed E-state index contributed by atoms with van der Waals surface area (Å²) in [5.41, 5.74) is 3.88. The average molecular weight is 433 g/mol. The molecule has 4 aromatic rings. The number of aldehydes is 1. The number of hydrogen-bond donors (Lipinski definition) is 1. The molecule has 0 aliphatic carbocycles. The predicted octanol–water partition coefficient (Wildman–Crippen LogP) is 4.10. The van der Waals surface area contributed by atoms with Crippen molar-refractivity contribution in [3.8, 4) is 22.6 Å². The number of rotatable bonds is 6. The van der Waals surface area contributed by atoms with Crippen LogP contribution in [-0.4, -0.2) is 32.6 Å². The third-order valence-electron chi connectivity index (χ3n) is 5.17. The Morgan fingerprint density at radius 2 is 2.00 bits per heavy atom. The van der Waals surface area contributed by atoms with E-state index in [4.69, 9.17) is 4.52 Å². The lowest BCUT2D eigenvalue weighted by Crippen LogP contribution is -2.21. The molecule has 3 heterocycles. The second kappa shape index (κ2) is 8.18. The first-order valence-electron chi connectivity index (χ1n) is 9.91. The molecule has 1 aliphatic heterocycles. The van der Waals surface area contributed by atoms with Crippen LogP contribution in [-0.2, 0) is 24.3 Å². The Morgan fingerprint density at radius 3 is 2.81 bits per heavy atom. The van der Waals surface area contributed by atoms with Gasteiger partial charge in [-0.15, -0.1) is 0 Å². The van der Waals surface area contributed by atoms with Crippen LogP contribution in [0.3, 0.4) is 0 Å². The van der Waals surface area contributed by atoms with Gasteiger partial charge in [0.15, 0.2) is 17.4 Å². The molecular weight excluding hydrogens is 416 g/mol. The SMILES string of the molecule is O=CCc1ccc(-c2cc(CN3Cc4nc(-c5cccc(F)c5F)[nH]c4C=N3)on2)cc1. The maximum absolute atomic E-state index is 14.1. The van der Waals surface area contributed by atoms with Gasteiger partial charge in [0, 0.05) is 18.1 Å². The molecular formula is C23H17F2N5O2. The van der Waals surface area contributed by atoms with E-state index in [9.17, 15) is 13.6 Å². The van der Waals surface area contributed by atoms with Crippen LogP contribution in [0.15, 0.2) is 58.2 Å². The molecule has 5 rings (SSSR count).